The molecule has 0 aromatic carbocycles. The summed E-state index contributed by atoms with van der Waals surface area (Å²) >= 11 is 0. The Balaban J connectivity index is 1.89. The van der Waals surface area contributed by atoms with E-state index in [0.29, 0.717) is 0 Å². The number of hydrogen-bond donors (Lipinski definition) is 1. The average molecular weight is 223 g/mol. The normalized spacial score (nSPS) is 40.1. The summed E-state index contributed by atoms with van der Waals surface area (Å²) in [5, 5.41) is 3.40. The van der Waals surface area contributed by atoms with Crippen molar-refractivity contribution in [3.63, 3.8) is 0 Å². The van der Waals surface area contributed by atoms with Gasteiger partial charge < -0.3 is 5.32 Å². The Labute approximate surface area is 101 Å². The zero-order valence-electron chi connectivity index (χ0n) is 11.2. The van der Waals surface area contributed by atoms with Gasteiger partial charge in [-0.3, -0.25) is 0 Å². The first-order valence-electron chi connectivity index (χ1n) is 7.49. The molecule has 0 aromatic rings. The molecule has 2 saturated carbocycles. The van der Waals surface area contributed by atoms with E-state index in [1.807, 2.05) is 0 Å². The summed E-state index contributed by atoms with van der Waals surface area (Å²) in [6.45, 7) is 3.64. The Kier molecular flexibility index (Phi) is 4.69. The molecule has 94 valence electrons. The van der Waals surface area contributed by atoms with Crippen LogP contribution in [0.15, 0.2) is 0 Å². The van der Waals surface area contributed by atoms with E-state index in [-0.39, 0.29) is 0 Å². The molecule has 0 aliphatic heterocycles. The van der Waals surface area contributed by atoms with Crippen LogP contribution in [-0.4, -0.2) is 13.6 Å². The first kappa shape index (κ1) is 12.4. The van der Waals surface area contributed by atoms with Gasteiger partial charge >= 0.3 is 0 Å². The lowest BCUT2D eigenvalue weighted by Gasteiger charge is -2.35. The highest BCUT2D eigenvalue weighted by Gasteiger charge is 2.35. The predicted octanol–water partition coefficient (Wildman–Crippen LogP) is 3.84. The van der Waals surface area contributed by atoms with Gasteiger partial charge in [-0.15, -0.1) is 0 Å². The topological polar surface area (TPSA) is 12.0 Å². The van der Waals surface area contributed by atoms with Gasteiger partial charge in [-0.05, 0) is 56.5 Å². The molecule has 0 spiro atoms. The van der Waals surface area contributed by atoms with Crippen LogP contribution in [0, 0.1) is 23.7 Å². The molecular weight excluding hydrogens is 194 g/mol. The second kappa shape index (κ2) is 6.05. The molecular formula is C15H29N. The summed E-state index contributed by atoms with van der Waals surface area (Å²) < 4.78 is 0. The van der Waals surface area contributed by atoms with E-state index >= 15 is 0 Å². The smallest absolute Gasteiger partial charge is 0.00208 e. The van der Waals surface area contributed by atoms with Gasteiger partial charge in [0.2, 0.25) is 0 Å². The molecule has 0 heterocycles. The van der Waals surface area contributed by atoms with Crippen LogP contribution in [0.2, 0.25) is 0 Å². The molecule has 2 rings (SSSR count). The fraction of sp³-hybridized carbons (Fsp3) is 1.00. The summed E-state index contributed by atoms with van der Waals surface area (Å²) in [6, 6.07) is 0. The zero-order chi connectivity index (χ0) is 11.4. The lowest BCUT2D eigenvalue weighted by Crippen LogP contribution is -2.30. The van der Waals surface area contributed by atoms with Crippen molar-refractivity contribution in [1.82, 2.24) is 5.32 Å². The van der Waals surface area contributed by atoms with E-state index in [1.54, 1.807) is 6.42 Å². The lowest BCUT2D eigenvalue weighted by atomic mass is 9.71. The molecule has 1 N–H and O–H groups in total. The quantitative estimate of drug-likeness (QED) is 0.763. The van der Waals surface area contributed by atoms with Crippen LogP contribution < -0.4 is 5.32 Å². The van der Waals surface area contributed by atoms with E-state index in [0.717, 1.165) is 23.7 Å². The van der Waals surface area contributed by atoms with Gasteiger partial charge in [0.1, 0.15) is 0 Å². The van der Waals surface area contributed by atoms with Crippen LogP contribution in [0.25, 0.3) is 0 Å². The summed E-state index contributed by atoms with van der Waals surface area (Å²) in [5.41, 5.74) is 0. The van der Waals surface area contributed by atoms with Gasteiger partial charge in [0.15, 0.2) is 0 Å². The van der Waals surface area contributed by atoms with Crippen molar-refractivity contribution >= 4 is 0 Å². The average Bonchev–Trinajstić information content (AvgIpc) is 2.78. The Bertz CT molecular complexity index is 202. The molecule has 1 nitrogen and oxygen atoms in total. The van der Waals surface area contributed by atoms with Crippen molar-refractivity contribution in [2.45, 2.75) is 58.3 Å². The van der Waals surface area contributed by atoms with Gasteiger partial charge in [-0.25, -0.2) is 0 Å². The number of hydrogen-bond acceptors (Lipinski definition) is 1. The maximum absolute atomic E-state index is 3.40. The summed E-state index contributed by atoms with van der Waals surface area (Å²) in [7, 11) is 2.12. The third-order valence-electron chi connectivity index (χ3n) is 5.19. The molecule has 16 heavy (non-hydrogen) atoms. The van der Waals surface area contributed by atoms with Crippen molar-refractivity contribution < 1.29 is 0 Å². The van der Waals surface area contributed by atoms with Crippen LogP contribution in [0.4, 0.5) is 0 Å². The molecule has 2 aliphatic rings. The van der Waals surface area contributed by atoms with Gasteiger partial charge in [0, 0.05) is 0 Å². The Hall–Kier alpha value is -0.0400. The molecule has 1 heteroatoms. The largest absolute Gasteiger partial charge is 0.319 e. The maximum Gasteiger partial charge on any atom is -0.00208 e. The highest BCUT2D eigenvalue weighted by atomic mass is 14.8. The fourth-order valence-electron chi connectivity index (χ4n) is 4.29. The molecule has 0 aromatic heterocycles. The minimum atomic E-state index is 0.991. The van der Waals surface area contributed by atoms with E-state index in [2.05, 4.69) is 19.3 Å². The third kappa shape index (κ3) is 2.80. The standard InChI is InChI=1S/C15H29N/c1-3-12-6-4-7-13(10-12)15-9-5-8-14(15)11-16-2/h12-16H,3-11H2,1-2H3. The summed E-state index contributed by atoms with van der Waals surface area (Å²) in [6.07, 6.45) is 12.0. The first-order chi connectivity index (χ1) is 7.85. The van der Waals surface area contributed by atoms with Crippen molar-refractivity contribution in [3.8, 4) is 0 Å². The monoisotopic (exact) mass is 223 g/mol. The van der Waals surface area contributed by atoms with E-state index in [9.17, 15) is 0 Å². The van der Waals surface area contributed by atoms with Gasteiger partial charge in [-0.2, -0.15) is 0 Å². The fourth-order valence-corrected chi connectivity index (χ4v) is 4.29. The zero-order valence-corrected chi connectivity index (χ0v) is 11.2. The predicted molar refractivity (Wildman–Crippen MR) is 70.5 cm³/mol. The van der Waals surface area contributed by atoms with Crippen molar-refractivity contribution in [2.75, 3.05) is 13.6 Å². The van der Waals surface area contributed by atoms with E-state index < -0.39 is 0 Å². The third-order valence-corrected chi connectivity index (χ3v) is 5.19. The minimum Gasteiger partial charge on any atom is -0.319 e. The second-order valence-electron chi connectivity index (χ2n) is 6.11. The Morgan fingerprint density at radius 1 is 1.06 bits per heavy atom. The lowest BCUT2D eigenvalue weighted by molar-refractivity contribution is 0.160. The summed E-state index contributed by atoms with van der Waals surface area (Å²) in [5.74, 6) is 4.17. The highest BCUT2D eigenvalue weighted by molar-refractivity contribution is 4.86. The van der Waals surface area contributed by atoms with Gasteiger partial charge in [0.05, 0.1) is 0 Å². The molecule has 4 atom stereocenters. The Morgan fingerprint density at radius 3 is 2.62 bits per heavy atom. The summed E-state index contributed by atoms with van der Waals surface area (Å²) in [4.78, 5) is 0. The second-order valence-corrected chi connectivity index (χ2v) is 6.11. The van der Waals surface area contributed by atoms with Crippen molar-refractivity contribution in [1.29, 1.82) is 0 Å². The Morgan fingerprint density at radius 2 is 1.88 bits per heavy atom. The van der Waals surface area contributed by atoms with Crippen LogP contribution in [0.3, 0.4) is 0 Å². The van der Waals surface area contributed by atoms with E-state index in [4.69, 9.17) is 0 Å². The number of nitrogens with one attached hydrogen (secondary N) is 1. The molecule has 2 fully saturated rings. The highest BCUT2D eigenvalue weighted by Crippen LogP contribution is 2.44. The van der Waals surface area contributed by atoms with Crippen LogP contribution >= 0.6 is 0 Å². The molecule has 0 radical (unpaired) electrons. The van der Waals surface area contributed by atoms with Gasteiger partial charge in [-0.1, -0.05) is 39.0 Å². The number of rotatable bonds is 4. The maximum atomic E-state index is 3.40. The molecule has 4 unspecified atom stereocenters. The van der Waals surface area contributed by atoms with E-state index in [1.165, 1.54) is 51.5 Å². The SMILES string of the molecule is CCC1CCCC(C2CCCC2CNC)C1. The molecule has 0 bridgehead atoms. The van der Waals surface area contributed by atoms with Crippen LogP contribution in [0.1, 0.15) is 58.3 Å². The first-order valence-corrected chi connectivity index (χ1v) is 7.49. The van der Waals surface area contributed by atoms with Crippen LogP contribution in [-0.2, 0) is 0 Å². The molecule has 0 saturated heterocycles. The molecule has 2 aliphatic carbocycles. The minimum absolute atomic E-state index is 0.991. The molecule has 0 amide bonds. The van der Waals surface area contributed by atoms with Crippen molar-refractivity contribution in [3.05, 3.63) is 0 Å². The van der Waals surface area contributed by atoms with Crippen LogP contribution in [0.5, 0.6) is 0 Å². The van der Waals surface area contributed by atoms with Crippen molar-refractivity contribution in [2.24, 2.45) is 23.7 Å². The van der Waals surface area contributed by atoms with Gasteiger partial charge in [0.25, 0.3) is 0 Å².